The summed E-state index contributed by atoms with van der Waals surface area (Å²) in [5.74, 6) is -0.336. The van der Waals surface area contributed by atoms with Crippen molar-refractivity contribution in [2.24, 2.45) is 5.92 Å². The normalized spacial score (nSPS) is 14.5. The first-order chi connectivity index (χ1) is 15.4. The van der Waals surface area contributed by atoms with Crippen LogP contribution in [-0.4, -0.2) is 45.3 Å². The fourth-order valence-electron chi connectivity index (χ4n) is 4.49. The second-order valence-electron chi connectivity index (χ2n) is 9.07. The lowest BCUT2D eigenvalue weighted by Gasteiger charge is -2.36. The van der Waals surface area contributed by atoms with Crippen LogP contribution in [0, 0.1) is 11.7 Å². The summed E-state index contributed by atoms with van der Waals surface area (Å²) in [5, 5.41) is 0. The van der Waals surface area contributed by atoms with Crippen LogP contribution in [0.1, 0.15) is 64.1 Å². The molecule has 0 spiro atoms. The van der Waals surface area contributed by atoms with E-state index in [-0.39, 0.29) is 36.1 Å². The van der Waals surface area contributed by atoms with E-state index in [2.05, 4.69) is 4.57 Å². The quantitative estimate of drug-likeness (QED) is 0.559. The van der Waals surface area contributed by atoms with E-state index in [1.807, 2.05) is 44.0 Å². The first-order valence-electron chi connectivity index (χ1n) is 11.9. The number of likely N-dealkylation sites (N-methyl/N-ethyl adjacent to an activating group) is 1. The SMILES string of the molecule is CCN(CC(=O)N(Cc1cccn1Cc1ccc(F)cc1)C1CCCCC1)C(=O)C(C)C. The van der Waals surface area contributed by atoms with Crippen molar-refractivity contribution in [3.8, 4) is 0 Å². The fraction of sp³-hybridized carbons (Fsp3) is 0.538. The Morgan fingerprint density at radius 2 is 1.78 bits per heavy atom. The van der Waals surface area contributed by atoms with Gasteiger partial charge >= 0.3 is 0 Å². The first kappa shape index (κ1) is 24.0. The van der Waals surface area contributed by atoms with Gasteiger partial charge in [0.25, 0.3) is 0 Å². The summed E-state index contributed by atoms with van der Waals surface area (Å²) >= 11 is 0. The van der Waals surface area contributed by atoms with Gasteiger partial charge in [0.2, 0.25) is 11.8 Å². The second-order valence-corrected chi connectivity index (χ2v) is 9.07. The highest BCUT2D eigenvalue weighted by Crippen LogP contribution is 2.25. The Morgan fingerprint density at radius 1 is 1.09 bits per heavy atom. The van der Waals surface area contributed by atoms with E-state index in [9.17, 15) is 14.0 Å². The topological polar surface area (TPSA) is 45.6 Å². The molecule has 0 radical (unpaired) electrons. The van der Waals surface area contributed by atoms with Gasteiger partial charge in [0.15, 0.2) is 0 Å². The average Bonchev–Trinajstić information content (AvgIpc) is 3.23. The molecule has 1 aromatic heterocycles. The Kier molecular flexibility index (Phi) is 8.48. The number of aromatic nitrogens is 1. The van der Waals surface area contributed by atoms with E-state index in [0.717, 1.165) is 36.9 Å². The lowest BCUT2D eigenvalue weighted by molar-refractivity contribution is -0.144. The highest BCUT2D eigenvalue weighted by atomic mass is 19.1. The predicted octanol–water partition coefficient (Wildman–Crippen LogP) is 4.84. The van der Waals surface area contributed by atoms with Crippen LogP contribution in [0.4, 0.5) is 4.39 Å². The number of carbonyl (C=O) groups excluding carboxylic acids is 2. The lowest BCUT2D eigenvalue weighted by Crippen LogP contribution is -2.48. The van der Waals surface area contributed by atoms with Crippen molar-refractivity contribution < 1.29 is 14.0 Å². The van der Waals surface area contributed by atoms with Crippen LogP contribution in [-0.2, 0) is 22.7 Å². The van der Waals surface area contributed by atoms with Crippen LogP contribution in [0.15, 0.2) is 42.6 Å². The summed E-state index contributed by atoms with van der Waals surface area (Å²) in [6.07, 6.45) is 7.50. The minimum absolute atomic E-state index is 0.0160. The molecule has 1 fully saturated rings. The molecular formula is C26H36FN3O2. The molecule has 0 bridgehead atoms. The van der Waals surface area contributed by atoms with Crippen LogP contribution < -0.4 is 0 Å². The van der Waals surface area contributed by atoms with E-state index in [1.165, 1.54) is 18.6 Å². The summed E-state index contributed by atoms with van der Waals surface area (Å²) in [5.41, 5.74) is 2.06. The Morgan fingerprint density at radius 3 is 2.41 bits per heavy atom. The largest absolute Gasteiger partial charge is 0.345 e. The smallest absolute Gasteiger partial charge is 0.242 e. The van der Waals surface area contributed by atoms with E-state index in [1.54, 1.807) is 17.0 Å². The molecular weight excluding hydrogens is 405 g/mol. The van der Waals surface area contributed by atoms with Gasteiger partial charge in [0, 0.05) is 36.9 Å². The van der Waals surface area contributed by atoms with Crippen molar-refractivity contribution >= 4 is 11.8 Å². The molecule has 1 saturated carbocycles. The number of hydrogen-bond acceptors (Lipinski definition) is 2. The minimum Gasteiger partial charge on any atom is -0.345 e. The van der Waals surface area contributed by atoms with Crippen molar-refractivity contribution in [1.29, 1.82) is 0 Å². The maximum absolute atomic E-state index is 13.5. The van der Waals surface area contributed by atoms with Crippen LogP contribution in [0.3, 0.4) is 0 Å². The molecule has 3 rings (SSSR count). The standard InChI is InChI=1S/C26H36FN3O2/c1-4-28(26(32)20(2)3)19-25(31)30(23-9-6-5-7-10-23)18-24-11-8-16-29(24)17-21-12-14-22(27)15-13-21/h8,11-16,20,23H,4-7,9-10,17-19H2,1-3H3. The number of carbonyl (C=O) groups is 2. The molecule has 5 nitrogen and oxygen atoms in total. The van der Waals surface area contributed by atoms with Gasteiger partial charge in [-0.3, -0.25) is 9.59 Å². The zero-order chi connectivity index (χ0) is 23.1. The molecule has 0 aliphatic heterocycles. The summed E-state index contributed by atoms with van der Waals surface area (Å²) in [6, 6.07) is 10.8. The van der Waals surface area contributed by atoms with Gasteiger partial charge in [-0.2, -0.15) is 0 Å². The van der Waals surface area contributed by atoms with Crippen molar-refractivity contribution in [1.82, 2.24) is 14.4 Å². The zero-order valence-corrected chi connectivity index (χ0v) is 19.6. The Bertz CT molecular complexity index is 885. The number of nitrogens with zero attached hydrogens (tertiary/aromatic N) is 3. The van der Waals surface area contributed by atoms with E-state index in [4.69, 9.17) is 0 Å². The monoisotopic (exact) mass is 441 g/mol. The molecule has 1 heterocycles. The predicted molar refractivity (Wildman–Crippen MR) is 124 cm³/mol. The summed E-state index contributed by atoms with van der Waals surface area (Å²) < 4.78 is 15.4. The number of amides is 2. The van der Waals surface area contributed by atoms with Crippen LogP contribution in [0.2, 0.25) is 0 Å². The lowest BCUT2D eigenvalue weighted by atomic mass is 9.94. The van der Waals surface area contributed by atoms with E-state index in [0.29, 0.717) is 19.6 Å². The van der Waals surface area contributed by atoms with Gasteiger partial charge < -0.3 is 14.4 Å². The number of rotatable bonds is 9. The molecule has 32 heavy (non-hydrogen) atoms. The van der Waals surface area contributed by atoms with Crippen molar-refractivity contribution in [2.75, 3.05) is 13.1 Å². The molecule has 0 N–H and O–H groups in total. The third-order valence-electron chi connectivity index (χ3n) is 6.37. The van der Waals surface area contributed by atoms with Crippen molar-refractivity contribution in [3.63, 3.8) is 0 Å². The Balaban J connectivity index is 1.78. The highest BCUT2D eigenvalue weighted by Gasteiger charge is 2.28. The maximum Gasteiger partial charge on any atom is 0.242 e. The van der Waals surface area contributed by atoms with Gasteiger partial charge in [0.05, 0.1) is 13.1 Å². The maximum atomic E-state index is 13.5. The molecule has 0 saturated heterocycles. The molecule has 1 aliphatic carbocycles. The highest BCUT2D eigenvalue weighted by molar-refractivity contribution is 5.85. The minimum atomic E-state index is -0.244. The molecule has 174 valence electrons. The second kappa shape index (κ2) is 11.3. The number of benzene rings is 1. The zero-order valence-electron chi connectivity index (χ0n) is 19.6. The van der Waals surface area contributed by atoms with Crippen LogP contribution in [0.25, 0.3) is 0 Å². The van der Waals surface area contributed by atoms with Crippen molar-refractivity contribution in [2.45, 2.75) is 72.0 Å². The molecule has 2 amide bonds. The fourth-order valence-corrected chi connectivity index (χ4v) is 4.49. The Hall–Kier alpha value is -2.63. The molecule has 1 aromatic carbocycles. The molecule has 2 aromatic rings. The van der Waals surface area contributed by atoms with E-state index < -0.39 is 0 Å². The Labute approximate surface area is 191 Å². The summed E-state index contributed by atoms with van der Waals surface area (Å²) in [6.45, 7) is 7.47. The number of hydrogen-bond donors (Lipinski definition) is 0. The van der Waals surface area contributed by atoms with Gasteiger partial charge in [-0.15, -0.1) is 0 Å². The third-order valence-corrected chi connectivity index (χ3v) is 6.37. The molecule has 0 unspecified atom stereocenters. The molecule has 0 atom stereocenters. The van der Waals surface area contributed by atoms with Gasteiger partial charge in [0.1, 0.15) is 5.82 Å². The summed E-state index contributed by atoms with van der Waals surface area (Å²) in [7, 11) is 0. The van der Waals surface area contributed by atoms with Crippen LogP contribution >= 0.6 is 0 Å². The molecule has 6 heteroatoms. The average molecular weight is 442 g/mol. The van der Waals surface area contributed by atoms with Crippen LogP contribution in [0.5, 0.6) is 0 Å². The van der Waals surface area contributed by atoms with Gasteiger partial charge in [-0.1, -0.05) is 45.2 Å². The van der Waals surface area contributed by atoms with Gasteiger partial charge in [-0.05, 0) is 49.6 Å². The van der Waals surface area contributed by atoms with Crippen molar-refractivity contribution in [3.05, 3.63) is 59.7 Å². The first-order valence-corrected chi connectivity index (χ1v) is 11.9. The number of halogens is 1. The summed E-state index contributed by atoms with van der Waals surface area (Å²) in [4.78, 5) is 29.6. The van der Waals surface area contributed by atoms with E-state index >= 15 is 0 Å². The third kappa shape index (κ3) is 6.21. The van der Waals surface area contributed by atoms with Gasteiger partial charge in [-0.25, -0.2) is 4.39 Å². The molecule has 1 aliphatic rings.